The van der Waals surface area contributed by atoms with Crippen LogP contribution in [0.4, 0.5) is 0 Å². The summed E-state index contributed by atoms with van der Waals surface area (Å²) in [5, 5.41) is 1.23. The van der Waals surface area contributed by atoms with Crippen LogP contribution in [0.3, 0.4) is 0 Å². The number of benzene rings is 1. The molecular formula is C16H16N2S. The molecule has 0 bridgehead atoms. The van der Waals surface area contributed by atoms with Crippen LogP contribution in [0.1, 0.15) is 16.7 Å². The predicted octanol–water partition coefficient (Wildman–Crippen LogP) is 4.52. The first kappa shape index (κ1) is 12.3. The normalized spacial score (nSPS) is 11.1. The molecule has 0 radical (unpaired) electrons. The Hall–Kier alpha value is -1.74. The third-order valence-corrected chi connectivity index (χ3v) is 4.60. The summed E-state index contributed by atoms with van der Waals surface area (Å²) in [6.45, 7) is 6.49. The highest BCUT2D eigenvalue weighted by molar-refractivity contribution is 7.98. The Morgan fingerprint density at radius 1 is 1.05 bits per heavy atom. The van der Waals surface area contributed by atoms with Gasteiger partial charge in [-0.15, -0.1) is 0 Å². The zero-order valence-corrected chi connectivity index (χ0v) is 12.2. The lowest BCUT2D eigenvalue weighted by Crippen LogP contribution is -1.92. The minimum Gasteiger partial charge on any atom is -0.285 e. The molecule has 19 heavy (non-hydrogen) atoms. The maximum absolute atomic E-state index is 4.21. The molecule has 0 aliphatic heterocycles. The van der Waals surface area contributed by atoms with E-state index in [9.17, 15) is 0 Å². The van der Waals surface area contributed by atoms with Gasteiger partial charge >= 0.3 is 0 Å². The minimum atomic E-state index is 1.16. The second-order valence-corrected chi connectivity index (χ2v) is 5.88. The van der Waals surface area contributed by atoms with E-state index in [-0.39, 0.29) is 0 Å². The second kappa shape index (κ2) is 4.74. The van der Waals surface area contributed by atoms with Crippen LogP contribution >= 0.6 is 11.9 Å². The van der Waals surface area contributed by atoms with Crippen LogP contribution in [0.25, 0.3) is 10.9 Å². The molecular weight excluding hydrogens is 252 g/mol. The third-order valence-electron chi connectivity index (χ3n) is 3.25. The molecule has 0 unspecified atom stereocenters. The van der Waals surface area contributed by atoms with E-state index in [1.54, 1.807) is 11.9 Å². The lowest BCUT2D eigenvalue weighted by atomic mass is 10.1. The van der Waals surface area contributed by atoms with Crippen molar-refractivity contribution in [1.82, 2.24) is 8.96 Å². The predicted molar refractivity (Wildman–Crippen MR) is 81.6 cm³/mol. The van der Waals surface area contributed by atoms with Crippen molar-refractivity contribution >= 4 is 22.9 Å². The molecule has 3 heteroatoms. The van der Waals surface area contributed by atoms with Gasteiger partial charge < -0.3 is 0 Å². The highest BCUT2D eigenvalue weighted by atomic mass is 32.2. The molecule has 0 amide bonds. The first-order valence-corrected chi connectivity index (χ1v) is 7.10. The molecule has 96 valence electrons. The fourth-order valence-electron chi connectivity index (χ4n) is 2.44. The van der Waals surface area contributed by atoms with Crippen LogP contribution in [-0.4, -0.2) is 8.96 Å². The van der Waals surface area contributed by atoms with E-state index >= 15 is 0 Å². The largest absolute Gasteiger partial charge is 0.285 e. The Balaban J connectivity index is 2.06. The minimum absolute atomic E-state index is 1.16. The van der Waals surface area contributed by atoms with Gasteiger partial charge in [-0.25, -0.2) is 0 Å². The van der Waals surface area contributed by atoms with Gasteiger partial charge in [0.15, 0.2) is 0 Å². The van der Waals surface area contributed by atoms with Crippen molar-refractivity contribution in [1.29, 1.82) is 0 Å². The summed E-state index contributed by atoms with van der Waals surface area (Å²) >= 11 is 1.76. The Morgan fingerprint density at radius 3 is 2.53 bits per heavy atom. The molecule has 0 fully saturated rings. The Kier molecular flexibility index (Phi) is 3.07. The summed E-state index contributed by atoms with van der Waals surface area (Å²) in [5.41, 5.74) is 5.13. The number of aryl methyl sites for hydroxylation is 3. The monoisotopic (exact) mass is 268 g/mol. The molecule has 0 saturated heterocycles. The van der Waals surface area contributed by atoms with Crippen molar-refractivity contribution in [3.8, 4) is 0 Å². The lowest BCUT2D eigenvalue weighted by Gasteiger charge is -2.11. The summed E-state index contributed by atoms with van der Waals surface area (Å²) in [4.78, 5) is 5.54. The van der Waals surface area contributed by atoms with E-state index in [1.165, 1.54) is 27.0 Å². The van der Waals surface area contributed by atoms with Crippen molar-refractivity contribution < 1.29 is 0 Å². The summed E-state index contributed by atoms with van der Waals surface area (Å²) in [5.74, 6) is 0. The van der Waals surface area contributed by atoms with Gasteiger partial charge in [-0.3, -0.25) is 8.96 Å². The van der Waals surface area contributed by atoms with Crippen LogP contribution < -0.4 is 0 Å². The van der Waals surface area contributed by atoms with Gasteiger partial charge in [0.1, 0.15) is 0 Å². The van der Waals surface area contributed by atoms with Gasteiger partial charge in [0.2, 0.25) is 0 Å². The highest BCUT2D eigenvalue weighted by Crippen LogP contribution is 2.31. The van der Waals surface area contributed by atoms with Gasteiger partial charge in [-0.2, -0.15) is 0 Å². The SMILES string of the molecule is Cc1cc(C)c(Sn2ccc3ccncc32)c(C)c1. The molecule has 0 N–H and O–H groups in total. The average Bonchev–Trinajstić information content (AvgIpc) is 2.77. The first-order chi connectivity index (χ1) is 9.15. The Labute approximate surface area is 117 Å². The summed E-state index contributed by atoms with van der Waals surface area (Å²) in [6.07, 6.45) is 5.86. The first-order valence-electron chi connectivity index (χ1n) is 6.32. The number of rotatable bonds is 2. The summed E-state index contributed by atoms with van der Waals surface area (Å²) in [7, 11) is 0. The Bertz CT molecular complexity index is 720. The van der Waals surface area contributed by atoms with Crippen molar-refractivity contribution in [2.24, 2.45) is 0 Å². The lowest BCUT2D eigenvalue weighted by molar-refractivity contribution is 1.17. The molecule has 2 nitrogen and oxygen atoms in total. The fourth-order valence-corrected chi connectivity index (χ4v) is 3.41. The summed E-state index contributed by atoms with van der Waals surface area (Å²) in [6, 6.07) is 8.64. The van der Waals surface area contributed by atoms with E-state index in [1.807, 2.05) is 18.5 Å². The van der Waals surface area contributed by atoms with Gasteiger partial charge in [0.25, 0.3) is 0 Å². The number of pyridine rings is 1. The average molecular weight is 268 g/mol. The van der Waals surface area contributed by atoms with Gasteiger partial charge in [0.05, 0.1) is 11.7 Å². The van der Waals surface area contributed by atoms with Gasteiger partial charge in [-0.1, -0.05) is 17.7 Å². The molecule has 0 aliphatic carbocycles. The van der Waals surface area contributed by atoms with Gasteiger partial charge in [-0.05, 0) is 56.0 Å². The van der Waals surface area contributed by atoms with Crippen LogP contribution in [0.2, 0.25) is 0 Å². The number of nitrogens with zero attached hydrogens (tertiary/aromatic N) is 2. The topological polar surface area (TPSA) is 17.8 Å². The number of aromatic nitrogens is 2. The van der Waals surface area contributed by atoms with E-state index in [0.29, 0.717) is 0 Å². The zero-order valence-electron chi connectivity index (χ0n) is 11.3. The molecule has 0 aliphatic rings. The van der Waals surface area contributed by atoms with E-state index in [0.717, 1.165) is 5.52 Å². The zero-order chi connectivity index (χ0) is 13.4. The van der Waals surface area contributed by atoms with Crippen molar-refractivity contribution in [2.45, 2.75) is 25.7 Å². The molecule has 0 atom stereocenters. The molecule has 3 rings (SSSR count). The van der Waals surface area contributed by atoms with Crippen molar-refractivity contribution in [3.63, 3.8) is 0 Å². The second-order valence-electron chi connectivity index (χ2n) is 4.90. The highest BCUT2D eigenvalue weighted by Gasteiger charge is 2.08. The number of fused-ring (bicyclic) bond motifs is 1. The number of hydrogen-bond acceptors (Lipinski definition) is 2. The molecule has 0 spiro atoms. The molecule has 2 aromatic heterocycles. The number of hydrogen-bond donors (Lipinski definition) is 0. The van der Waals surface area contributed by atoms with E-state index < -0.39 is 0 Å². The maximum Gasteiger partial charge on any atom is 0.0777 e. The third kappa shape index (κ3) is 2.26. The van der Waals surface area contributed by atoms with E-state index in [4.69, 9.17) is 0 Å². The van der Waals surface area contributed by atoms with E-state index in [2.05, 4.69) is 54.1 Å². The summed E-state index contributed by atoms with van der Waals surface area (Å²) < 4.78 is 2.19. The standard InChI is InChI=1S/C16H16N2S/c1-11-8-12(2)16(13(3)9-11)19-18-7-5-14-4-6-17-10-15(14)18/h4-10H,1-3H3. The fraction of sp³-hybridized carbons (Fsp3) is 0.188. The molecule has 0 saturated carbocycles. The van der Waals surface area contributed by atoms with Crippen LogP contribution in [0.15, 0.2) is 47.8 Å². The van der Waals surface area contributed by atoms with Crippen LogP contribution in [0.5, 0.6) is 0 Å². The van der Waals surface area contributed by atoms with Crippen LogP contribution in [-0.2, 0) is 0 Å². The molecule has 2 heterocycles. The Morgan fingerprint density at radius 2 is 1.79 bits per heavy atom. The molecule has 1 aromatic carbocycles. The van der Waals surface area contributed by atoms with Crippen LogP contribution in [0, 0.1) is 20.8 Å². The van der Waals surface area contributed by atoms with Crippen molar-refractivity contribution in [3.05, 3.63) is 59.5 Å². The maximum atomic E-state index is 4.21. The smallest absolute Gasteiger partial charge is 0.0777 e. The molecule has 3 aromatic rings. The van der Waals surface area contributed by atoms with Gasteiger partial charge in [0, 0.05) is 22.7 Å². The quantitative estimate of drug-likeness (QED) is 0.680. The van der Waals surface area contributed by atoms with Crippen molar-refractivity contribution in [2.75, 3.05) is 0 Å².